The summed E-state index contributed by atoms with van der Waals surface area (Å²) >= 11 is 0. The third-order valence-corrected chi connectivity index (χ3v) is 6.47. The second kappa shape index (κ2) is 9.63. The number of hydrogen-bond acceptors (Lipinski definition) is 6. The Balaban J connectivity index is 1.79. The Hall–Kier alpha value is -3.03. The van der Waals surface area contributed by atoms with Gasteiger partial charge in [-0.2, -0.15) is 0 Å². The fourth-order valence-corrected chi connectivity index (χ4v) is 4.47. The molecular formula is C25H30N4O3. The monoisotopic (exact) mass is 434 g/mol. The zero-order valence-corrected chi connectivity index (χ0v) is 18.9. The van der Waals surface area contributed by atoms with Crippen LogP contribution in [0, 0.1) is 5.92 Å². The number of nitrogens with zero attached hydrogens (tertiary/aromatic N) is 3. The minimum atomic E-state index is -0.476. The van der Waals surface area contributed by atoms with E-state index in [9.17, 15) is 4.79 Å². The molecule has 1 amide bonds. The first kappa shape index (κ1) is 22.2. The first-order chi connectivity index (χ1) is 15.5. The summed E-state index contributed by atoms with van der Waals surface area (Å²) in [7, 11) is 3.69. The number of ether oxygens (including phenoxy) is 2. The molecule has 1 saturated heterocycles. The lowest BCUT2D eigenvalue weighted by atomic mass is 9.91. The molecule has 3 heterocycles. The summed E-state index contributed by atoms with van der Waals surface area (Å²) in [5, 5.41) is 0.904. The van der Waals surface area contributed by atoms with Gasteiger partial charge in [0, 0.05) is 56.8 Å². The molecule has 3 aromatic rings. The van der Waals surface area contributed by atoms with Crippen LogP contribution in [0.3, 0.4) is 0 Å². The molecule has 1 aliphatic rings. The van der Waals surface area contributed by atoms with Crippen molar-refractivity contribution in [1.82, 2.24) is 9.97 Å². The molecule has 168 valence electrons. The van der Waals surface area contributed by atoms with Crippen LogP contribution in [-0.4, -0.2) is 49.3 Å². The van der Waals surface area contributed by atoms with Crippen LogP contribution in [0.4, 0.5) is 5.69 Å². The Bertz CT molecular complexity index is 1090. The number of primary amides is 1. The molecule has 7 heteroatoms. The fourth-order valence-electron chi connectivity index (χ4n) is 4.47. The first-order valence-corrected chi connectivity index (χ1v) is 11.0. The second-order valence-corrected chi connectivity index (χ2v) is 8.39. The van der Waals surface area contributed by atoms with Crippen molar-refractivity contribution in [2.75, 3.05) is 32.3 Å². The topological polar surface area (TPSA) is 90.6 Å². The highest BCUT2D eigenvalue weighted by Crippen LogP contribution is 2.35. The van der Waals surface area contributed by atoms with Gasteiger partial charge >= 0.3 is 0 Å². The number of benzene rings is 1. The second-order valence-electron chi connectivity index (χ2n) is 8.39. The van der Waals surface area contributed by atoms with Crippen molar-refractivity contribution in [2.45, 2.75) is 32.4 Å². The lowest BCUT2D eigenvalue weighted by molar-refractivity contribution is 0.0598. The zero-order chi connectivity index (χ0) is 22.7. The number of aromatic nitrogens is 2. The Labute approximate surface area is 188 Å². The molecule has 2 aromatic heterocycles. The van der Waals surface area contributed by atoms with Crippen LogP contribution >= 0.6 is 0 Å². The number of carbonyl (C=O) groups is 1. The predicted octanol–water partition coefficient (Wildman–Crippen LogP) is 3.79. The molecule has 1 aromatic carbocycles. The number of hydrogen-bond donors (Lipinski definition) is 1. The van der Waals surface area contributed by atoms with Gasteiger partial charge < -0.3 is 20.1 Å². The molecule has 0 saturated carbocycles. The number of fused-ring (bicyclic) bond motifs is 1. The number of pyridine rings is 2. The number of anilines is 1. The largest absolute Gasteiger partial charge is 0.381 e. The van der Waals surface area contributed by atoms with Crippen molar-refractivity contribution in [1.29, 1.82) is 0 Å². The standard InChI is InChI=1S/C25H30N4O3/c1-16(17-8-10-32-11-9-17)29(2)24-21-12-18(19-4-6-20(15-31-3)27-13-19)5-7-23(21)28-14-22(24)25(26)30/h4-7,12-14,16-17H,8-11,15H2,1-3H3,(H2,26,30)/t16-/m0/s1. The first-order valence-electron chi connectivity index (χ1n) is 11.0. The highest BCUT2D eigenvalue weighted by molar-refractivity contribution is 6.07. The predicted molar refractivity (Wildman–Crippen MR) is 126 cm³/mol. The minimum Gasteiger partial charge on any atom is -0.381 e. The van der Waals surface area contributed by atoms with Crippen LogP contribution in [0.25, 0.3) is 22.0 Å². The molecule has 0 radical (unpaired) electrons. The summed E-state index contributed by atoms with van der Waals surface area (Å²) in [6.45, 7) is 4.23. The van der Waals surface area contributed by atoms with Gasteiger partial charge in [0.15, 0.2) is 0 Å². The van der Waals surface area contributed by atoms with E-state index < -0.39 is 5.91 Å². The van der Waals surface area contributed by atoms with Gasteiger partial charge in [0.05, 0.1) is 29.1 Å². The Morgan fingerprint density at radius 2 is 1.94 bits per heavy atom. The maximum atomic E-state index is 12.3. The van der Waals surface area contributed by atoms with Crippen molar-refractivity contribution in [3.05, 3.63) is 54.0 Å². The lowest BCUT2D eigenvalue weighted by Gasteiger charge is -2.36. The summed E-state index contributed by atoms with van der Waals surface area (Å²) in [6.07, 6.45) is 5.44. The number of nitrogens with two attached hydrogens (primary N) is 1. The molecule has 0 bridgehead atoms. The molecule has 0 spiro atoms. The third kappa shape index (κ3) is 4.45. The lowest BCUT2D eigenvalue weighted by Crippen LogP contribution is -2.39. The molecule has 1 atom stereocenters. The summed E-state index contributed by atoms with van der Waals surface area (Å²) in [5.41, 5.74) is 10.7. The van der Waals surface area contributed by atoms with Gasteiger partial charge in [-0.25, -0.2) is 0 Å². The number of rotatable bonds is 7. The Kier molecular flexibility index (Phi) is 6.67. The average molecular weight is 435 g/mol. The maximum Gasteiger partial charge on any atom is 0.252 e. The van der Waals surface area contributed by atoms with Gasteiger partial charge in [-0.05, 0) is 49.4 Å². The highest BCUT2D eigenvalue weighted by Gasteiger charge is 2.27. The van der Waals surface area contributed by atoms with Gasteiger partial charge in [-0.3, -0.25) is 14.8 Å². The molecular weight excluding hydrogens is 404 g/mol. The zero-order valence-electron chi connectivity index (χ0n) is 18.9. The van der Waals surface area contributed by atoms with E-state index in [0.29, 0.717) is 18.1 Å². The van der Waals surface area contributed by atoms with Crippen molar-refractivity contribution in [3.63, 3.8) is 0 Å². The van der Waals surface area contributed by atoms with Crippen molar-refractivity contribution >= 4 is 22.5 Å². The van der Waals surface area contributed by atoms with Gasteiger partial charge in [0.2, 0.25) is 0 Å². The molecule has 1 aliphatic heterocycles. The normalized spacial score (nSPS) is 15.6. The number of methoxy groups -OCH3 is 1. The highest BCUT2D eigenvalue weighted by atomic mass is 16.5. The quantitative estimate of drug-likeness (QED) is 0.608. The maximum absolute atomic E-state index is 12.3. The molecule has 1 fully saturated rings. The fraction of sp³-hybridized carbons (Fsp3) is 0.400. The van der Waals surface area contributed by atoms with Crippen molar-refractivity contribution < 1.29 is 14.3 Å². The number of amides is 1. The third-order valence-electron chi connectivity index (χ3n) is 6.47. The molecule has 32 heavy (non-hydrogen) atoms. The van der Waals surface area contributed by atoms with Gasteiger partial charge in [0.25, 0.3) is 5.91 Å². The average Bonchev–Trinajstić information content (AvgIpc) is 2.83. The van der Waals surface area contributed by atoms with Gasteiger partial charge in [-0.1, -0.05) is 12.1 Å². The van der Waals surface area contributed by atoms with Crippen LogP contribution < -0.4 is 10.6 Å². The van der Waals surface area contributed by atoms with Crippen LogP contribution in [0.5, 0.6) is 0 Å². The van der Waals surface area contributed by atoms with Crippen LogP contribution in [0.1, 0.15) is 35.8 Å². The summed E-state index contributed by atoms with van der Waals surface area (Å²) in [4.78, 5) is 23.5. The van der Waals surface area contributed by atoms with Crippen molar-refractivity contribution in [3.8, 4) is 11.1 Å². The summed E-state index contributed by atoms with van der Waals surface area (Å²) in [5.74, 6) is 0.00909. The molecule has 2 N–H and O–H groups in total. The van der Waals surface area contributed by atoms with Crippen LogP contribution in [-0.2, 0) is 16.1 Å². The molecule has 0 aliphatic carbocycles. The Morgan fingerprint density at radius 1 is 1.19 bits per heavy atom. The smallest absolute Gasteiger partial charge is 0.252 e. The van der Waals surface area contributed by atoms with E-state index in [0.717, 1.165) is 59.5 Å². The SMILES string of the molecule is COCc1ccc(-c2ccc3ncc(C(N)=O)c(N(C)[C@@H](C)C4CCOCC4)c3c2)cn1. The van der Waals surface area contributed by atoms with Crippen LogP contribution in [0.15, 0.2) is 42.7 Å². The van der Waals surface area contributed by atoms with Crippen LogP contribution in [0.2, 0.25) is 0 Å². The minimum absolute atomic E-state index is 0.223. The van der Waals surface area contributed by atoms with E-state index in [-0.39, 0.29) is 6.04 Å². The molecule has 4 rings (SSSR count). The van der Waals surface area contributed by atoms with E-state index in [2.05, 4.69) is 27.9 Å². The van der Waals surface area contributed by atoms with Crippen molar-refractivity contribution in [2.24, 2.45) is 11.7 Å². The van der Waals surface area contributed by atoms with Gasteiger partial charge in [-0.15, -0.1) is 0 Å². The Morgan fingerprint density at radius 3 is 2.59 bits per heavy atom. The summed E-state index contributed by atoms with van der Waals surface area (Å²) < 4.78 is 10.7. The van der Waals surface area contributed by atoms with E-state index >= 15 is 0 Å². The van der Waals surface area contributed by atoms with E-state index in [1.165, 1.54) is 0 Å². The molecule has 0 unspecified atom stereocenters. The van der Waals surface area contributed by atoms with E-state index in [1.54, 1.807) is 13.3 Å². The number of carbonyl (C=O) groups excluding carboxylic acids is 1. The van der Waals surface area contributed by atoms with E-state index in [1.807, 2.05) is 37.5 Å². The summed E-state index contributed by atoms with van der Waals surface area (Å²) in [6, 6.07) is 10.3. The van der Waals surface area contributed by atoms with Gasteiger partial charge in [0.1, 0.15) is 0 Å². The molecule has 7 nitrogen and oxygen atoms in total. The van der Waals surface area contributed by atoms with E-state index in [4.69, 9.17) is 15.2 Å².